The average Bonchev–Trinajstić information content (AvgIpc) is 3.19. The topological polar surface area (TPSA) is 60.9 Å². The van der Waals surface area contributed by atoms with E-state index in [4.69, 9.17) is 0 Å². The highest BCUT2D eigenvalue weighted by Gasteiger charge is 2.27. The van der Waals surface area contributed by atoms with Gasteiger partial charge in [0.2, 0.25) is 0 Å². The SMILES string of the molecule is CCN1C(=O)c2cc(-c3ccccc3)cc(c2)N(CC)C(=O)c2cc(-c3ccccc3)cc(c2)N(CC)C(=O)c2cc(-c3ccccc3)cc1c2. The lowest BCUT2D eigenvalue weighted by atomic mass is 9.99. The Bertz CT molecular complexity index is 1980. The highest BCUT2D eigenvalue weighted by molar-refractivity contribution is 6.13. The largest absolute Gasteiger partial charge is 0.309 e. The third kappa shape index (κ3) is 6.56. The van der Waals surface area contributed by atoms with Gasteiger partial charge in [-0.1, -0.05) is 91.0 Å². The summed E-state index contributed by atoms with van der Waals surface area (Å²) in [5, 5.41) is 0. The smallest absolute Gasteiger partial charge is 0.258 e. The molecule has 252 valence electrons. The number of hydrogen-bond donors (Lipinski definition) is 0. The van der Waals surface area contributed by atoms with Gasteiger partial charge in [-0.15, -0.1) is 0 Å². The fourth-order valence-corrected chi connectivity index (χ4v) is 6.86. The molecule has 0 radical (unpaired) electrons. The first-order valence-corrected chi connectivity index (χ1v) is 17.5. The lowest BCUT2D eigenvalue weighted by molar-refractivity contribution is 0.0977. The van der Waals surface area contributed by atoms with Crippen molar-refractivity contribution in [3.05, 3.63) is 162 Å². The van der Waals surface area contributed by atoms with E-state index in [0.717, 1.165) is 33.4 Å². The van der Waals surface area contributed by atoms with Crippen molar-refractivity contribution in [2.24, 2.45) is 0 Å². The Morgan fingerprint density at radius 1 is 0.314 bits per heavy atom. The van der Waals surface area contributed by atoms with Crippen LogP contribution < -0.4 is 14.7 Å². The minimum absolute atomic E-state index is 0.224. The summed E-state index contributed by atoms with van der Waals surface area (Å²) in [6.45, 7) is 6.89. The molecule has 0 N–H and O–H groups in total. The van der Waals surface area contributed by atoms with Gasteiger partial charge in [-0.25, -0.2) is 0 Å². The van der Waals surface area contributed by atoms with Gasteiger partial charge < -0.3 is 14.7 Å². The molecule has 0 aromatic heterocycles. The second-order valence-corrected chi connectivity index (χ2v) is 12.6. The van der Waals surface area contributed by atoms with Crippen molar-refractivity contribution in [3.8, 4) is 33.4 Å². The monoisotopic (exact) mass is 669 g/mol. The van der Waals surface area contributed by atoms with Gasteiger partial charge in [0.1, 0.15) is 0 Å². The fourth-order valence-electron chi connectivity index (χ4n) is 6.86. The van der Waals surface area contributed by atoms with Gasteiger partial charge in [-0.3, -0.25) is 14.4 Å². The summed E-state index contributed by atoms with van der Waals surface area (Å²) < 4.78 is 0. The van der Waals surface area contributed by atoms with Gasteiger partial charge in [0.05, 0.1) is 0 Å². The van der Waals surface area contributed by atoms with E-state index in [-0.39, 0.29) is 17.7 Å². The number of carbonyl (C=O) groups excluding carboxylic acids is 3. The van der Waals surface area contributed by atoms with Crippen molar-refractivity contribution in [2.75, 3.05) is 34.3 Å². The van der Waals surface area contributed by atoms with Gasteiger partial charge in [0.15, 0.2) is 0 Å². The van der Waals surface area contributed by atoms with Crippen molar-refractivity contribution in [3.63, 3.8) is 0 Å². The van der Waals surface area contributed by atoms with E-state index in [2.05, 4.69) is 0 Å². The van der Waals surface area contributed by atoms with E-state index in [0.29, 0.717) is 53.4 Å². The number of carbonyl (C=O) groups is 3. The zero-order valence-electron chi connectivity index (χ0n) is 29.0. The molecule has 0 fully saturated rings. The summed E-state index contributed by atoms with van der Waals surface area (Å²) in [5.74, 6) is -0.673. The fraction of sp³-hybridized carbons (Fsp3) is 0.133. The quantitative estimate of drug-likeness (QED) is 0.177. The maximum atomic E-state index is 14.7. The first-order valence-electron chi connectivity index (χ1n) is 17.5. The molecule has 1 aliphatic rings. The van der Waals surface area contributed by atoms with Crippen LogP contribution in [0.3, 0.4) is 0 Å². The van der Waals surface area contributed by atoms with E-state index in [1.54, 1.807) is 14.7 Å². The number of nitrogens with zero attached hydrogens (tertiary/aromatic N) is 3. The normalized spacial score (nSPS) is 13.2. The van der Waals surface area contributed by atoms with Crippen molar-refractivity contribution in [1.29, 1.82) is 0 Å². The third-order valence-corrected chi connectivity index (χ3v) is 9.43. The minimum Gasteiger partial charge on any atom is -0.309 e. The predicted octanol–water partition coefficient (Wildman–Crippen LogP) is 10.0. The molecule has 3 amide bonds. The van der Waals surface area contributed by atoms with E-state index < -0.39 is 0 Å². The summed E-state index contributed by atoms with van der Waals surface area (Å²) in [6, 6.07) is 46.7. The van der Waals surface area contributed by atoms with Gasteiger partial charge >= 0.3 is 0 Å². The van der Waals surface area contributed by atoms with Crippen molar-refractivity contribution in [1.82, 2.24) is 0 Å². The second-order valence-electron chi connectivity index (χ2n) is 12.6. The molecule has 0 saturated carbocycles. The maximum absolute atomic E-state index is 14.7. The number of anilines is 3. The van der Waals surface area contributed by atoms with Gasteiger partial charge in [-0.05, 0) is 109 Å². The number of benzene rings is 6. The molecular formula is C45H39N3O3. The summed E-state index contributed by atoms with van der Waals surface area (Å²) in [6.07, 6.45) is 0. The Balaban J connectivity index is 1.53. The first kappa shape index (κ1) is 33.2. The van der Waals surface area contributed by atoms with Crippen LogP contribution in [-0.4, -0.2) is 37.4 Å². The predicted molar refractivity (Wildman–Crippen MR) is 208 cm³/mol. The minimum atomic E-state index is -0.224. The van der Waals surface area contributed by atoms with Crippen molar-refractivity contribution < 1.29 is 14.4 Å². The van der Waals surface area contributed by atoms with E-state index in [1.165, 1.54) is 0 Å². The van der Waals surface area contributed by atoms with Crippen LogP contribution in [0.1, 0.15) is 51.8 Å². The van der Waals surface area contributed by atoms with Crippen LogP contribution in [0.25, 0.3) is 33.4 Å². The number of fused-ring (bicyclic) bond motifs is 6. The summed E-state index contributed by atoms with van der Waals surface area (Å²) >= 11 is 0. The van der Waals surface area contributed by atoms with E-state index >= 15 is 0 Å². The molecule has 6 bridgehead atoms. The van der Waals surface area contributed by atoms with Gasteiger partial charge in [0.25, 0.3) is 17.7 Å². The van der Waals surface area contributed by atoms with Crippen molar-refractivity contribution in [2.45, 2.75) is 20.8 Å². The molecule has 1 aliphatic heterocycles. The number of hydrogen-bond acceptors (Lipinski definition) is 3. The molecule has 0 aliphatic carbocycles. The molecule has 6 nitrogen and oxygen atoms in total. The van der Waals surface area contributed by atoms with Crippen LogP contribution in [0.5, 0.6) is 0 Å². The number of amides is 3. The molecule has 6 aromatic carbocycles. The van der Waals surface area contributed by atoms with Crippen LogP contribution in [-0.2, 0) is 0 Å². The van der Waals surface area contributed by atoms with Crippen LogP contribution in [0.4, 0.5) is 17.1 Å². The van der Waals surface area contributed by atoms with E-state index in [1.807, 2.05) is 166 Å². The van der Waals surface area contributed by atoms with Gasteiger partial charge in [0, 0.05) is 53.4 Å². The maximum Gasteiger partial charge on any atom is 0.258 e. The highest BCUT2D eigenvalue weighted by Crippen LogP contribution is 2.35. The first-order chi connectivity index (χ1) is 24.9. The van der Waals surface area contributed by atoms with Crippen LogP contribution >= 0.6 is 0 Å². The molecule has 0 spiro atoms. The summed E-state index contributed by atoms with van der Waals surface area (Å²) in [4.78, 5) is 49.1. The highest BCUT2D eigenvalue weighted by atomic mass is 16.2. The number of rotatable bonds is 6. The molecule has 0 saturated heterocycles. The molecule has 0 atom stereocenters. The van der Waals surface area contributed by atoms with Crippen LogP contribution in [0.15, 0.2) is 146 Å². The average molecular weight is 670 g/mol. The Labute approximate surface area is 299 Å². The van der Waals surface area contributed by atoms with Crippen LogP contribution in [0, 0.1) is 0 Å². The summed E-state index contributed by atoms with van der Waals surface area (Å²) in [5.41, 5.74) is 8.47. The van der Waals surface area contributed by atoms with Gasteiger partial charge in [-0.2, -0.15) is 0 Å². The zero-order valence-corrected chi connectivity index (χ0v) is 29.0. The molecule has 6 heteroatoms. The molecule has 6 aromatic rings. The van der Waals surface area contributed by atoms with Crippen molar-refractivity contribution >= 4 is 34.8 Å². The molecule has 0 unspecified atom stereocenters. The standard InChI is InChI=1S/C45H39N3O3/c1-4-46-40-25-34(31-16-10-7-11-17-31)23-38(28-40)44(50)48(6-3)42-27-36(33-20-14-9-15-21-33)24-39(30-42)45(51)47(5-2)41-26-35(22-37(29-41)43(46)49)32-18-12-8-13-19-32/h7-30H,4-6H2,1-3H3. The lowest BCUT2D eigenvalue weighted by Gasteiger charge is -2.26. The Morgan fingerprint density at radius 2 is 0.549 bits per heavy atom. The zero-order chi connectivity index (χ0) is 35.5. The molecule has 1 heterocycles. The Morgan fingerprint density at radius 3 is 0.784 bits per heavy atom. The second kappa shape index (κ2) is 14.3. The lowest BCUT2D eigenvalue weighted by Crippen LogP contribution is -2.33. The molecule has 51 heavy (non-hydrogen) atoms. The summed E-state index contributed by atoms with van der Waals surface area (Å²) in [7, 11) is 0. The Hall–Kier alpha value is -6.27. The Kier molecular flexibility index (Phi) is 9.32. The third-order valence-electron chi connectivity index (χ3n) is 9.43. The molecule has 7 rings (SSSR count). The molecular weight excluding hydrogens is 631 g/mol. The van der Waals surface area contributed by atoms with E-state index in [9.17, 15) is 14.4 Å². The van der Waals surface area contributed by atoms with Crippen LogP contribution in [0.2, 0.25) is 0 Å².